The maximum atomic E-state index is 3.65. The third kappa shape index (κ3) is 4.57. The minimum absolute atomic E-state index is 0.714. The number of hydrogen-bond donors (Lipinski definition) is 1. The molecule has 0 aromatic rings. The van der Waals surface area contributed by atoms with Gasteiger partial charge >= 0.3 is 0 Å². The van der Waals surface area contributed by atoms with Crippen molar-refractivity contribution in [3.63, 3.8) is 0 Å². The topological polar surface area (TPSA) is 18.5 Å². The summed E-state index contributed by atoms with van der Waals surface area (Å²) in [5.74, 6) is 0.779. The van der Waals surface area contributed by atoms with Crippen LogP contribution in [0.3, 0.4) is 0 Å². The molecule has 0 aromatic carbocycles. The van der Waals surface area contributed by atoms with Gasteiger partial charge in [-0.1, -0.05) is 6.92 Å². The zero-order chi connectivity index (χ0) is 12.3. The molecular formula is C14H29N3. The van der Waals surface area contributed by atoms with Crippen LogP contribution in [0, 0.1) is 5.92 Å². The molecule has 0 spiro atoms. The van der Waals surface area contributed by atoms with Gasteiger partial charge in [0.25, 0.3) is 0 Å². The number of likely N-dealkylation sites (N-methyl/N-ethyl adjacent to an activating group) is 1. The zero-order valence-corrected chi connectivity index (χ0v) is 11.8. The second-order valence-corrected chi connectivity index (χ2v) is 6.25. The smallest absolute Gasteiger partial charge is 0.0194 e. The highest BCUT2D eigenvalue weighted by Crippen LogP contribution is 2.19. The average molecular weight is 239 g/mol. The van der Waals surface area contributed by atoms with Crippen molar-refractivity contribution < 1.29 is 0 Å². The minimum Gasteiger partial charge on any atom is -0.314 e. The third-order valence-electron chi connectivity index (χ3n) is 4.06. The van der Waals surface area contributed by atoms with Gasteiger partial charge in [0.1, 0.15) is 0 Å². The van der Waals surface area contributed by atoms with Crippen molar-refractivity contribution in [3.05, 3.63) is 0 Å². The van der Waals surface area contributed by atoms with Gasteiger partial charge in [0.2, 0.25) is 0 Å². The first kappa shape index (κ1) is 13.3. The predicted octanol–water partition coefficient (Wildman–Crippen LogP) is 1.40. The molecule has 100 valence electrons. The Morgan fingerprint density at radius 3 is 2.76 bits per heavy atom. The van der Waals surface area contributed by atoms with Crippen LogP contribution in [0.5, 0.6) is 0 Å². The Kier molecular flexibility index (Phi) is 4.83. The van der Waals surface area contributed by atoms with Crippen LogP contribution < -0.4 is 5.32 Å². The molecular weight excluding hydrogens is 210 g/mol. The van der Waals surface area contributed by atoms with Crippen LogP contribution in [0.1, 0.15) is 33.1 Å². The Hall–Kier alpha value is -0.120. The van der Waals surface area contributed by atoms with E-state index in [9.17, 15) is 0 Å². The third-order valence-corrected chi connectivity index (χ3v) is 4.06. The molecule has 0 radical (unpaired) electrons. The van der Waals surface area contributed by atoms with E-state index < -0.39 is 0 Å². The lowest BCUT2D eigenvalue weighted by molar-refractivity contribution is 0.177. The summed E-state index contributed by atoms with van der Waals surface area (Å²) in [5.41, 5.74) is 0. The largest absolute Gasteiger partial charge is 0.314 e. The fourth-order valence-electron chi connectivity index (χ4n) is 2.81. The van der Waals surface area contributed by atoms with Gasteiger partial charge in [-0.3, -0.25) is 4.90 Å². The predicted molar refractivity (Wildman–Crippen MR) is 73.3 cm³/mol. The maximum Gasteiger partial charge on any atom is 0.0194 e. The molecule has 0 bridgehead atoms. The summed E-state index contributed by atoms with van der Waals surface area (Å²) in [4.78, 5) is 5.15. The van der Waals surface area contributed by atoms with Crippen LogP contribution in [-0.2, 0) is 0 Å². The van der Waals surface area contributed by atoms with Crippen molar-refractivity contribution in [1.82, 2.24) is 15.1 Å². The normalized spacial score (nSPS) is 30.2. The van der Waals surface area contributed by atoms with E-state index in [0.717, 1.165) is 12.0 Å². The molecule has 3 heteroatoms. The van der Waals surface area contributed by atoms with E-state index in [1.54, 1.807) is 0 Å². The summed E-state index contributed by atoms with van der Waals surface area (Å²) < 4.78 is 0. The first-order valence-electron chi connectivity index (χ1n) is 7.31. The van der Waals surface area contributed by atoms with Crippen LogP contribution >= 0.6 is 0 Å². The molecule has 1 N–H and O–H groups in total. The van der Waals surface area contributed by atoms with Crippen LogP contribution in [0.15, 0.2) is 0 Å². The standard InChI is InChI=1S/C14H29N3/c1-12(9-15-14-5-6-14)10-17-8-4-7-16(3)11-13(17)2/h12-15H,4-11H2,1-3H3. The van der Waals surface area contributed by atoms with Crippen molar-refractivity contribution in [2.45, 2.75) is 45.2 Å². The molecule has 0 amide bonds. The Bertz CT molecular complexity index is 228. The Balaban J connectivity index is 1.71. The average Bonchev–Trinajstić information content (AvgIpc) is 3.08. The highest BCUT2D eigenvalue weighted by molar-refractivity contribution is 4.82. The molecule has 2 atom stereocenters. The first-order chi connectivity index (χ1) is 8.15. The van der Waals surface area contributed by atoms with Gasteiger partial charge in [0.05, 0.1) is 0 Å². The van der Waals surface area contributed by atoms with E-state index in [1.165, 1.54) is 52.0 Å². The zero-order valence-electron chi connectivity index (χ0n) is 11.8. The van der Waals surface area contributed by atoms with Crippen molar-refractivity contribution >= 4 is 0 Å². The highest BCUT2D eigenvalue weighted by atomic mass is 15.2. The Labute approximate surface area is 107 Å². The lowest BCUT2D eigenvalue weighted by atomic mass is 10.1. The van der Waals surface area contributed by atoms with E-state index in [2.05, 4.69) is 36.0 Å². The van der Waals surface area contributed by atoms with Crippen molar-refractivity contribution in [2.24, 2.45) is 5.92 Å². The summed E-state index contributed by atoms with van der Waals surface area (Å²) in [7, 11) is 2.25. The Morgan fingerprint density at radius 2 is 2.06 bits per heavy atom. The van der Waals surface area contributed by atoms with E-state index in [-0.39, 0.29) is 0 Å². The van der Waals surface area contributed by atoms with Crippen molar-refractivity contribution in [3.8, 4) is 0 Å². The van der Waals surface area contributed by atoms with Crippen LogP contribution in [0.2, 0.25) is 0 Å². The summed E-state index contributed by atoms with van der Waals surface area (Å²) >= 11 is 0. The second-order valence-electron chi connectivity index (χ2n) is 6.25. The van der Waals surface area contributed by atoms with Gasteiger partial charge < -0.3 is 10.2 Å². The van der Waals surface area contributed by atoms with Gasteiger partial charge in [-0.15, -0.1) is 0 Å². The van der Waals surface area contributed by atoms with E-state index >= 15 is 0 Å². The molecule has 2 unspecified atom stereocenters. The second kappa shape index (κ2) is 6.17. The number of nitrogens with one attached hydrogen (secondary N) is 1. The number of nitrogens with zero attached hydrogens (tertiary/aromatic N) is 2. The molecule has 1 aliphatic carbocycles. The summed E-state index contributed by atoms with van der Waals surface area (Å²) in [6, 6.07) is 1.57. The quantitative estimate of drug-likeness (QED) is 0.782. The molecule has 0 aromatic heterocycles. The van der Waals surface area contributed by atoms with E-state index in [4.69, 9.17) is 0 Å². The molecule has 17 heavy (non-hydrogen) atoms. The Morgan fingerprint density at radius 1 is 1.29 bits per heavy atom. The number of rotatable bonds is 5. The molecule has 1 heterocycles. The van der Waals surface area contributed by atoms with Crippen molar-refractivity contribution in [1.29, 1.82) is 0 Å². The minimum atomic E-state index is 0.714. The number of hydrogen-bond acceptors (Lipinski definition) is 3. The van der Waals surface area contributed by atoms with Gasteiger partial charge in [-0.05, 0) is 58.8 Å². The SMILES string of the molecule is CC(CNC1CC1)CN1CCCN(C)CC1C. The van der Waals surface area contributed by atoms with Gasteiger partial charge in [-0.25, -0.2) is 0 Å². The van der Waals surface area contributed by atoms with E-state index in [0.29, 0.717) is 6.04 Å². The van der Waals surface area contributed by atoms with E-state index in [1.807, 2.05) is 0 Å². The summed E-state index contributed by atoms with van der Waals surface area (Å²) in [6.07, 6.45) is 4.12. The molecule has 1 aliphatic heterocycles. The summed E-state index contributed by atoms with van der Waals surface area (Å²) in [6.45, 7) is 11.0. The lowest BCUT2D eigenvalue weighted by Crippen LogP contribution is -2.42. The van der Waals surface area contributed by atoms with Gasteiger partial charge in [0.15, 0.2) is 0 Å². The molecule has 1 saturated carbocycles. The van der Waals surface area contributed by atoms with Crippen LogP contribution in [0.25, 0.3) is 0 Å². The van der Waals surface area contributed by atoms with Crippen molar-refractivity contribution in [2.75, 3.05) is 39.8 Å². The molecule has 2 fully saturated rings. The van der Waals surface area contributed by atoms with Gasteiger partial charge in [-0.2, -0.15) is 0 Å². The molecule has 3 nitrogen and oxygen atoms in total. The highest BCUT2D eigenvalue weighted by Gasteiger charge is 2.23. The van der Waals surface area contributed by atoms with Crippen LogP contribution in [-0.4, -0.2) is 61.7 Å². The van der Waals surface area contributed by atoms with Crippen LogP contribution in [0.4, 0.5) is 0 Å². The summed E-state index contributed by atoms with van der Waals surface area (Å²) in [5, 5.41) is 3.65. The maximum absolute atomic E-state index is 3.65. The fourth-order valence-corrected chi connectivity index (χ4v) is 2.81. The molecule has 1 saturated heterocycles. The monoisotopic (exact) mass is 239 g/mol. The molecule has 2 rings (SSSR count). The fraction of sp³-hybridized carbons (Fsp3) is 1.00. The molecule has 2 aliphatic rings. The first-order valence-corrected chi connectivity index (χ1v) is 7.31. The lowest BCUT2D eigenvalue weighted by Gasteiger charge is -2.30. The van der Waals surface area contributed by atoms with Gasteiger partial charge in [0, 0.05) is 25.2 Å².